The minimum Gasteiger partial charge on any atom is -0.384 e. The number of hydrogen-bond acceptors (Lipinski definition) is 4. The van der Waals surface area contributed by atoms with Gasteiger partial charge in [0.25, 0.3) is 0 Å². The van der Waals surface area contributed by atoms with Gasteiger partial charge in [-0.2, -0.15) is 0 Å². The second-order valence-electron chi connectivity index (χ2n) is 6.84. The highest BCUT2D eigenvalue weighted by atomic mass is 16.5. The summed E-state index contributed by atoms with van der Waals surface area (Å²) in [6.07, 6.45) is 1.79. The molecular formula is C15H28N2O3. The molecule has 2 saturated heterocycles. The summed E-state index contributed by atoms with van der Waals surface area (Å²) in [6, 6.07) is 0. The Labute approximate surface area is 122 Å². The van der Waals surface area contributed by atoms with Crippen molar-refractivity contribution >= 4 is 5.91 Å². The molecule has 2 aliphatic rings. The first-order chi connectivity index (χ1) is 9.38. The van der Waals surface area contributed by atoms with Crippen LogP contribution in [0.2, 0.25) is 0 Å². The molecular weight excluding hydrogens is 256 g/mol. The van der Waals surface area contributed by atoms with Crippen LogP contribution in [0.4, 0.5) is 0 Å². The Morgan fingerprint density at radius 3 is 2.60 bits per heavy atom. The Balaban J connectivity index is 2.14. The van der Waals surface area contributed by atoms with Crippen molar-refractivity contribution < 1.29 is 14.3 Å². The normalized spacial score (nSPS) is 29.2. The fourth-order valence-electron chi connectivity index (χ4n) is 3.55. The summed E-state index contributed by atoms with van der Waals surface area (Å²) in [5.74, 6) is 0.240. The minimum absolute atomic E-state index is 0.0870. The Morgan fingerprint density at radius 1 is 1.40 bits per heavy atom. The fraction of sp³-hybridized carbons (Fsp3) is 0.933. The fourth-order valence-corrected chi connectivity index (χ4v) is 3.55. The number of amides is 1. The van der Waals surface area contributed by atoms with Gasteiger partial charge in [0.1, 0.15) is 0 Å². The summed E-state index contributed by atoms with van der Waals surface area (Å²) in [4.78, 5) is 15.0. The molecule has 5 heteroatoms. The van der Waals surface area contributed by atoms with Gasteiger partial charge in [-0.25, -0.2) is 0 Å². The summed E-state index contributed by atoms with van der Waals surface area (Å²) in [6.45, 7) is 9.77. The van der Waals surface area contributed by atoms with Crippen LogP contribution in [0, 0.1) is 5.41 Å². The van der Waals surface area contributed by atoms with Crippen LogP contribution in [0.3, 0.4) is 0 Å². The van der Waals surface area contributed by atoms with Crippen LogP contribution in [-0.2, 0) is 14.3 Å². The van der Waals surface area contributed by atoms with E-state index in [1.165, 1.54) is 0 Å². The topological polar surface area (TPSA) is 50.8 Å². The number of carbonyl (C=O) groups excluding carboxylic acids is 1. The van der Waals surface area contributed by atoms with E-state index in [1.54, 1.807) is 7.11 Å². The minimum atomic E-state index is -0.354. The lowest BCUT2D eigenvalue weighted by molar-refractivity contribution is -0.171. The van der Waals surface area contributed by atoms with E-state index in [0.717, 1.165) is 25.9 Å². The summed E-state index contributed by atoms with van der Waals surface area (Å²) in [7, 11) is 1.68. The Kier molecular flexibility index (Phi) is 4.72. The summed E-state index contributed by atoms with van der Waals surface area (Å²) in [5, 5.41) is 3.33. The molecule has 0 aromatic carbocycles. The van der Waals surface area contributed by atoms with Crippen LogP contribution in [0.1, 0.15) is 33.6 Å². The SMILES string of the molecule is COCC1(C(=O)N2CC(C)OC(C)(C)C2)CCNCC1. The van der Waals surface area contributed by atoms with Crippen molar-refractivity contribution in [2.75, 3.05) is 39.9 Å². The standard InChI is InChI=1S/C15H28N2O3/c1-12-9-17(10-14(2,3)20-12)13(18)15(11-19-4)5-7-16-8-6-15/h12,16H,5-11H2,1-4H3. The molecule has 2 fully saturated rings. The molecule has 0 bridgehead atoms. The first-order valence-electron chi connectivity index (χ1n) is 7.55. The van der Waals surface area contributed by atoms with Gasteiger partial charge in [0, 0.05) is 20.2 Å². The molecule has 116 valence electrons. The highest BCUT2D eigenvalue weighted by molar-refractivity contribution is 5.83. The maximum atomic E-state index is 13.1. The van der Waals surface area contributed by atoms with Crippen molar-refractivity contribution in [2.24, 2.45) is 5.41 Å². The molecule has 0 aromatic heterocycles. The van der Waals surface area contributed by atoms with E-state index >= 15 is 0 Å². The summed E-state index contributed by atoms with van der Waals surface area (Å²) >= 11 is 0. The number of rotatable bonds is 3. The number of nitrogens with one attached hydrogen (secondary N) is 1. The zero-order chi connectivity index (χ0) is 14.8. The number of nitrogens with zero attached hydrogens (tertiary/aromatic N) is 1. The number of carbonyl (C=O) groups is 1. The molecule has 2 rings (SSSR count). The second-order valence-corrected chi connectivity index (χ2v) is 6.84. The lowest BCUT2D eigenvalue weighted by atomic mass is 9.78. The molecule has 0 aliphatic carbocycles. The third-order valence-electron chi connectivity index (χ3n) is 4.29. The highest BCUT2D eigenvalue weighted by Crippen LogP contribution is 2.33. The molecule has 0 spiro atoms. The largest absolute Gasteiger partial charge is 0.384 e. The van der Waals surface area contributed by atoms with E-state index in [2.05, 4.69) is 5.32 Å². The van der Waals surface area contributed by atoms with Crippen LogP contribution in [0.25, 0.3) is 0 Å². The Bertz CT molecular complexity index is 346. The monoisotopic (exact) mass is 284 g/mol. The zero-order valence-electron chi connectivity index (χ0n) is 13.2. The van der Waals surface area contributed by atoms with Crippen LogP contribution < -0.4 is 5.32 Å². The predicted octanol–water partition coefficient (Wildman–Crippen LogP) is 1.03. The van der Waals surface area contributed by atoms with E-state index in [0.29, 0.717) is 19.7 Å². The van der Waals surface area contributed by atoms with E-state index in [4.69, 9.17) is 9.47 Å². The molecule has 0 saturated carbocycles. The molecule has 1 unspecified atom stereocenters. The molecule has 2 heterocycles. The van der Waals surface area contributed by atoms with E-state index in [9.17, 15) is 4.79 Å². The van der Waals surface area contributed by atoms with Crippen molar-refractivity contribution in [3.05, 3.63) is 0 Å². The zero-order valence-corrected chi connectivity index (χ0v) is 13.2. The summed E-state index contributed by atoms with van der Waals surface area (Å²) in [5.41, 5.74) is -0.623. The number of ether oxygens (including phenoxy) is 2. The van der Waals surface area contributed by atoms with E-state index in [-0.39, 0.29) is 23.0 Å². The van der Waals surface area contributed by atoms with Gasteiger partial charge in [0.2, 0.25) is 5.91 Å². The van der Waals surface area contributed by atoms with E-state index in [1.807, 2.05) is 25.7 Å². The first kappa shape index (κ1) is 15.7. The van der Waals surface area contributed by atoms with Gasteiger partial charge >= 0.3 is 0 Å². The van der Waals surface area contributed by atoms with Crippen molar-refractivity contribution in [1.82, 2.24) is 10.2 Å². The number of morpholine rings is 1. The van der Waals surface area contributed by atoms with E-state index < -0.39 is 0 Å². The second kappa shape index (κ2) is 6.00. The van der Waals surface area contributed by atoms with Gasteiger partial charge in [0.05, 0.1) is 23.7 Å². The van der Waals surface area contributed by atoms with Crippen molar-refractivity contribution in [1.29, 1.82) is 0 Å². The molecule has 0 aromatic rings. The maximum Gasteiger partial charge on any atom is 0.231 e. The van der Waals surface area contributed by atoms with Crippen LogP contribution in [0.5, 0.6) is 0 Å². The molecule has 1 atom stereocenters. The Hall–Kier alpha value is -0.650. The van der Waals surface area contributed by atoms with Crippen LogP contribution >= 0.6 is 0 Å². The smallest absolute Gasteiger partial charge is 0.231 e. The molecule has 20 heavy (non-hydrogen) atoms. The number of piperidine rings is 1. The Morgan fingerprint density at radius 2 is 2.05 bits per heavy atom. The predicted molar refractivity (Wildman–Crippen MR) is 77.6 cm³/mol. The maximum absolute atomic E-state index is 13.1. The molecule has 0 radical (unpaired) electrons. The lowest BCUT2D eigenvalue weighted by Gasteiger charge is -2.46. The number of hydrogen-bond donors (Lipinski definition) is 1. The van der Waals surface area contributed by atoms with Gasteiger partial charge in [-0.15, -0.1) is 0 Å². The van der Waals surface area contributed by atoms with Crippen molar-refractivity contribution in [2.45, 2.75) is 45.3 Å². The average Bonchev–Trinajstić information content (AvgIpc) is 2.37. The van der Waals surface area contributed by atoms with Crippen LogP contribution in [-0.4, -0.2) is 62.4 Å². The first-order valence-corrected chi connectivity index (χ1v) is 7.55. The molecule has 5 nitrogen and oxygen atoms in total. The average molecular weight is 284 g/mol. The molecule has 1 N–H and O–H groups in total. The van der Waals surface area contributed by atoms with Crippen molar-refractivity contribution in [3.8, 4) is 0 Å². The van der Waals surface area contributed by atoms with Crippen molar-refractivity contribution in [3.63, 3.8) is 0 Å². The lowest BCUT2D eigenvalue weighted by Crippen LogP contribution is -2.59. The molecule has 1 amide bonds. The van der Waals surface area contributed by atoms with Gasteiger partial charge in [-0.3, -0.25) is 4.79 Å². The van der Waals surface area contributed by atoms with Gasteiger partial charge < -0.3 is 19.7 Å². The van der Waals surface area contributed by atoms with Gasteiger partial charge in [-0.05, 0) is 46.7 Å². The van der Waals surface area contributed by atoms with Gasteiger partial charge in [0.15, 0.2) is 0 Å². The third kappa shape index (κ3) is 3.32. The van der Waals surface area contributed by atoms with Gasteiger partial charge in [-0.1, -0.05) is 0 Å². The highest BCUT2D eigenvalue weighted by Gasteiger charge is 2.45. The van der Waals surface area contributed by atoms with Crippen LogP contribution in [0.15, 0.2) is 0 Å². The quantitative estimate of drug-likeness (QED) is 0.841. The number of methoxy groups -OCH3 is 1. The third-order valence-corrected chi connectivity index (χ3v) is 4.29. The molecule has 2 aliphatic heterocycles. The summed E-state index contributed by atoms with van der Waals surface area (Å²) < 4.78 is 11.3.